The van der Waals surface area contributed by atoms with Gasteiger partial charge < -0.3 is 24.8 Å². The Balaban J connectivity index is 1.13. The van der Waals surface area contributed by atoms with E-state index in [0.29, 0.717) is 32.1 Å². The summed E-state index contributed by atoms with van der Waals surface area (Å²) in [4.78, 5) is 13.8. The van der Waals surface area contributed by atoms with Gasteiger partial charge in [-0.15, -0.1) is 0 Å². The lowest BCUT2D eigenvalue weighted by atomic mass is 9.95. The molecule has 12 heteroatoms. The molecule has 3 aliphatic heterocycles. The summed E-state index contributed by atoms with van der Waals surface area (Å²) in [5, 5.41) is 13.9. The van der Waals surface area contributed by atoms with Gasteiger partial charge in [0.05, 0.1) is 25.4 Å². The minimum Gasteiger partial charge on any atom is -0.508 e. The summed E-state index contributed by atoms with van der Waals surface area (Å²) >= 11 is 0. The monoisotopic (exact) mass is 649 g/mol. The molecule has 3 saturated heterocycles. The maximum absolute atomic E-state index is 16.8. The number of hydrogen-bond acceptors (Lipinski definition) is 8. The number of nitrogens with zero attached hydrogens (tertiary/aromatic N) is 4. The van der Waals surface area contributed by atoms with Crippen LogP contribution in [0, 0.1) is 28.7 Å². The summed E-state index contributed by atoms with van der Waals surface area (Å²) in [6.45, 7) is 4.82. The molecule has 0 radical (unpaired) electrons. The van der Waals surface area contributed by atoms with Crippen LogP contribution in [0.15, 0.2) is 30.3 Å². The van der Waals surface area contributed by atoms with Crippen LogP contribution in [0.25, 0.3) is 32.8 Å². The Kier molecular flexibility index (Phi) is 6.65. The van der Waals surface area contributed by atoms with Gasteiger partial charge in [0.1, 0.15) is 22.9 Å². The van der Waals surface area contributed by atoms with E-state index in [4.69, 9.17) is 14.5 Å². The van der Waals surface area contributed by atoms with E-state index in [0.717, 1.165) is 76.4 Å². The summed E-state index contributed by atoms with van der Waals surface area (Å²) in [5.74, 6) is -4.46. The van der Waals surface area contributed by atoms with Crippen LogP contribution < -0.4 is 15.0 Å². The minimum absolute atomic E-state index is 0.0118. The van der Waals surface area contributed by atoms with Crippen molar-refractivity contribution >= 4 is 27.5 Å². The molecule has 8 nitrogen and oxygen atoms in total. The van der Waals surface area contributed by atoms with E-state index in [-0.39, 0.29) is 62.0 Å². The summed E-state index contributed by atoms with van der Waals surface area (Å²) in [6.07, 6.45) is 6.27. The molecule has 0 amide bonds. The first-order valence-corrected chi connectivity index (χ1v) is 16.5. The zero-order valence-electron chi connectivity index (χ0n) is 25.8. The summed E-state index contributed by atoms with van der Waals surface area (Å²) in [7, 11) is 0. The molecule has 2 bridgehead atoms. The Hall–Kier alpha value is -3.74. The van der Waals surface area contributed by atoms with E-state index >= 15 is 13.2 Å². The zero-order chi connectivity index (χ0) is 32.1. The number of aromatic hydroxyl groups is 1. The lowest BCUT2D eigenvalue weighted by Gasteiger charge is -2.38. The van der Waals surface area contributed by atoms with Gasteiger partial charge in [0.2, 0.25) is 0 Å². The molecular formula is C35H35F4N5O3. The average molecular weight is 650 g/mol. The highest BCUT2D eigenvalue weighted by Gasteiger charge is 2.54. The SMILES string of the molecule is Oc1cc(-c2c(F)cc3c(N4CC5CCC(C4)N5)nc(OCC4(CN5CCOCC56CC6)CC4)nc3c2F)c2c(F)c(F)ccc2c1. The number of phenolic OH excluding ortho intramolecular Hbond substituents is 1. The Morgan fingerprint density at radius 1 is 0.957 bits per heavy atom. The third-order valence-electron chi connectivity index (χ3n) is 11.0. The van der Waals surface area contributed by atoms with Crippen molar-refractivity contribution in [1.82, 2.24) is 20.2 Å². The lowest BCUT2D eigenvalue weighted by molar-refractivity contribution is -0.0326. The van der Waals surface area contributed by atoms with E-state index in [1.165, 1.54) is 12.1 Å². The number of benzene rings is 3. The molecule has 4 heterocycles. The van der Waals surface area contributed by atoms with Crippen LogP contribution in [0.5, 0.6) is 11.8 Å². The lowest BCUT2D eigenvalue weighted by Crippen LogP contribution is -2.51. The van der Waals surface area contributed by atoms with Gasteiger partial charge in [0, 0.05) is 65.6 Å². The predicted molar refractivity (Wildman–Crippen MR) is 168 cm³/mol. The Morgan fingerprint density at radius 3 is 2.49 bits per heavy atom. The number of ether oxygens (including phenoxy) is 2. The van der Waals surface area contributed by atoms with Crippen molar-refractivity contribution < 1.29 is 32.1 Å². The van der Waals surface area contributed by atoms with E-state index in [2.05, 4.69) is 15.2 Å². The van der Waals surface area contributed by atoms with Crippen molar-refractivity contribution in [3.05, 3.63) is 53.6 Å². The number of phenols is 1. The minimum atomic E-state index is -1.26. The van der Waals surface area contributed by atoms with Gasteiger partial charge in [-0.1, -0.05) is 6.07 Å². The molecule has 2 aliphatic carbocycles. The van der Waals surface area contributed by atoms with Crippen LogP contribution >= 0.6 is 0 Å². The molecule has 1 aromatic heterocycles. The quantitative estimate of drug-likeness (QED) is 0.248. The summed E-state index contributed by atoms with van der Waals surface area (Å²) < 4.78 is 74.5. The van der Waals surface area contributed by atoms with E-state index in [1.54, 1.807) is 0 Å². The van der Waals surface area contributed by atoms with Crippen molar-refractivity contribution in [3.63, 3.8) is 0 Å². The predicted octanol–water partition coefficient (Wildman–Crippen LogP) is 5.68. The second-order valence-electron chi connectivity index (χ2n) is 14.3. The van der Waals surface area contributed by atoms with Gasteiger partial charge in [-0.3, -0.25) is 4.90 Å². The van der Waals surface area contributed by atoms with Crippen molar-refractivity contribution in [3.8, 4) is 22.9 Å². The first-order valence-electron chi connectivity index (χ1n) is 16.5. The molecule has 5 fully saturated rings. The largest absolute Gasteiger partial charge is 0.508 e. The molecule has 3 aromatic carbocycles. The van der Waals surface area contributed by atoms with Gasteiger partial charge >= 0.3 is 6.01 Å². The van der Waals surface area contributed by atoms with Crippen molar-refractivity contribution in [1.29, 1.82) is 0 Å². The van der Waals surface area contributed by atoms with Crippen molar-refractivity contribution in [2.75, 3.05) is 50.9 Å². The molecule has 2 atom stereocenters. The topological polar surface area (TPSA) is 83.0 Å². The fraction of sp³-hybridized carbons (Fsp3) is 0.486. The molecule has 9 rings (SSSR count). The number of anilines is 1. The fourth-order valence-electron chi connectivity index (χ4n) is 8.02. The molecular weight excluding hydrogens is 614 g/mol. The molecule has 2 N–H and O–H groups in total. The number of aromatic nitrogens is 2. The molecule has 246 valence electrons. The molecule has 1 spiro atoms. The average Bonchev–Trinajstić information content (AvgIpc) is 3.98. The fourth-order valence-corrected chi connectivity index (χ4v) is 8.02. The normalized spacial score (nSPS) is 24.4. The smallest absolute Gasteiger partial charge is 0.319 e. The number of morpholine rings is 1. The van der Waals surface area contributed by atoms with E-state index in [1.807, 2.05) is 4.90 Å². The third kappa shape index (κ3) is 4.98. The summed E-state index contributed by atoms with van der Waals surface area (Å²) in [5.41, 5.74) is -1.03. The third-order valence-corrected chi connectivity index (χ3v) is 11.0. The number of hydrogen-bond donors (Lipinski definition) is 2. The van der Waals surface area contributed by atoms with Crippen LogP contribution in [0.4, 0.5) is 23.4 Å². The van der Waals surface area contributed by atoms with Crippen LogP contribution in [0.3, 0.4) is 0 Å². The van der Waals surface area contributed by atoms with E-state index in [9.17, 15) is 9.50 Å². The van der Waals surface area contributed by atoms with Crippen LogP contribution in [-0.4, -0.2) is 83.6 Å². The molecule has 2 unspecified atom stereocenters. The Morgan fingerprint density at radius 2 is 1.74 bits per heavy atom. The second kappa shape index (κ2) is 10.6. The number of halogens is 4. The number of piperazine rings is 1. The summed E-state index contributed by atoms with van der Waals surface area (Å²) in [6, 6.07) is 6.03. The van der Waals surface area contributed by atoms with Crippen molar-refractivity contribution in [2.45, 2.75) is 56.1 Å². The van der Waals surface area contributed by atoms with Gasteiger partial charge in [-0.2, -0.15) is 9.97 Å². The highest BCUT2D eigenvalue weighted by molar-refractivity contribution is 6.02. The van der Waals surface area contributed by atoms with E-state index < -0.39 is 28.8 Å². The first-order chi connectivity index (χ1) is 22.7. The van der Waals surface area contributed by atoms with Gasteiger partial charge in [-0.25, -0.2) is 17.6 Å². The number of nitrogens with one attached hydrogen (secondary N) is 1. The number of rotatable bonds is 7. The van der Waals surface area contributed by atoms with Gasteiger partial charge in [0.15, 0.2) is 17.5 Å². The highest BCUT2D eigenvalue weighted by atomic mass is 19.2. The molecule has 5 aliphatic rings. The van der Waals surface area contributed by atoms with Gasteiger partial charge in [-0.05, 0) is 68.2 Å². The first kappa shape index (κ1) is 29.4. The maximum atomic E-state index is 16.8. The van der Waals surface area contributed by atoms with Crippen molar-refractivity contribution in [2.24, 2.45) is 5.41 Å². The van der Waals surface area contributed by atoms with Crippen LogP contribution in [-0.2, 0) is 4.74 Å². The maximum Gasteiger partial charge on any atom is 0.319 e. The van der Waals surface area contributed by atoms with Crippen LogP contribution in [0.1, 0.15) is 38.5 Å². The van der Waals surface area contributed by atoms with Crippen LogP contribution in [0.2, 0.25) is 0 Å². The Bertz CT molecular complexity index is 1920. The zero-order valence-corrected chi connectivity index (χ0v) is 25.8. The Labute approximate surface area is 268 Å². The molecule has 2 saturated carbocycles. The number of fused-ring (bicyclic) bond motifs is 4. The van der Waals surface area contributed by atoms with Gasteiger partial charge in [0.25, 0.3) is 0 Å². The molecule has 4 aromatic rings. The molecule has 47 heavy (non-hydrogen) atoms. The second-order valence-corrected chi connectivity index (χ2v) is 14.3. The highest BCUT2D eigenvalue weighted by Crippen LogP contribution is 2.52. The standard InChI is InChI=1S/C35H35F4N5O3/c36-25-4-1-19-11-22(45)12-23(27(19)29(25)38)28-26(37)13-24-31(30(28)39)41-33(42-32(24)43-14-20-2-3-21(15-43)40-20)47-17-34(5-6-34)16-44-9-10-46-18-35(44)7-8-35/h1,4,11-13,20-21,40,45H,2-3,5-10,14-18H2.